The molecule has 107 heavy (non-hydrogen) atoms. The lowest BCUT2D eigenvalue weighted by Crippen LogP contribution is -2.61. The van der Waals surface area contributed by atoms with Crippen molar-refractivity contribution in [3.8, 4) is 0 Å². The van der Waals surface area contributed by atoms with E-state index < -0.39 is 156 Å². The van der Waals surface area contributed by atoms with Crippen LogP contribution in [0.2, 0.25) is 0 Å². The highest BCUT2D eigenvalue weighted by molar-refractivity contribution is 6.04. The van der Waals surface area contributed by atoms with Gasteiger partial charge in [0.15, 0.2) is 82.1 Å². The Bertz CT molecular complexity index is 3790. The van der Waals surface area contributed by atoms with E-state index in [2.05, 4.69) is 82.4 Å². The van der Waals surface area contributed by atoms with Crippen LogP contribution in [0, 0.1) is 21.7 Å². The van der Waals surface area contributed by atoms with Gasteiger partial charge in [0.1, 0.15) is 48.8 Å². The van der Waals surface area contributed by atoms with Crippen LogP contribution < -0.4 is 0 Å². The number of rotatable bonds is 10. The van der Waals surface area contributed by atoms with E-state index in [0.29, 0.717) is 36.0 Å². The van der Waals surface area contributed by atoms with Crippen molar-refractivity contribution in [2.45, 2.75) is 243 Å². The zero-order valence-electron chi connectivity index (χ0n) is 64.6. The SMILES string of the molecule is C=C1O[C@H](C2COC3(O2)C(=O)C(C)=C(C=C(C)C)C(C)(C)C3O)C(O)=C1O.C=C1O[C@H](C2COC3(O2)C(C)=C(C=C(C)C)C(C)(C)CC3O)C(O)=C1O.CC(C)=CC1=C(C)C(=O)C(O)CC1(C)C.CC(C)=CC1=C(C)C(=O)C(O)CC1(C)C.O=C1O[C@H]([C@@H](O)CO)C(O)=C1O.O=C1O[C@H]([C@@H](O)CO)C(O)=C1O. The van der Waals surface area contributed by atoms with E-state index in [1.54, 1.807) is 20.8 Å². The summed E-state index contributed by atoms with van der Waals surface area (Å²) in [7, 11) is 0. The summed E-state index contributed by atoms with van der Waals surface area (Å²) >= 11 is 0. The lowest BCUT2D eigenvalue weighted by molar-refractivity contribution is -0.242. The molecule has 10 rings (SSSR count). The van der Waals surface area contributed by atoms with Crippen molar-refractivity contribution in [3.05, 3.63) is 162 Å². The maximum atomic E-state index is 13.1. The second-order valence-corrected chi connectivity index (χ2v) is 31.3. The zero-order valence-corrected chi connectivity index (χ0v) is 64.6. The van der Waals surface area contributed by atoms with Crippen LogP contribution in [-0.2, 0) is 61.9 Å². The lowest BCUT2D eigenvalue weighted by atomic mass is 9.67. The van der Waals surface area contributed by atoms with Gasteiger partial charge in [0.2, 0.25) is 23.1 Å². The highest BCUT2D eigenvalue weighted by atomic mass is 16.8. The summed E-state index contributed by atoms with van der Waals surface area (Å²) in [6, 6.07) is 0. The van der Waals surface area contributed by atoms with Gasteiger partial charge in [0, 0.05) is 11.0 Å². The first-order valence-corrected chi connectivity index (χ1v) is 34.7. The van der Waals surface area contributed by atoms with Crippen molar-refractivity contribution in [3.63, 3.8) is 0 Å². The Morgan fingerprint density at radius 1 is 0.458 bits per heavy atom. The topological polar surface area (TPSA) is 483 Å². The summed E-state index contributed by atoms with van der Waals surface area (Å²) in [6.45, 7) is 45.0. The van der Waals surface area contributed by atoms with Gasteiger partial charge in [-0.2, -0.15) is 0 Å². The highest BCUT2D eigenvalue weighted by Gasteiger charge is 2.64. The van der Waals surface area contributed by atoms with Crippen LogP contribution in [0.3, 0.4) is 0 Å². The van der Waals surface area contributed by atoms with Gasteiger partial charge in [-0.05, 0) is 158 Å². The average molecular weight is 1510 g/mol. The second kappa shape index (κ2) is 34.2. The van der Waals surface area contributed by atoms with Gasteiger partial charge in [-0.25, -0.2) is 9.59 Å². The molecule has 8 unspecified atom stereocenters. The fraction of sp³-hybridized carbons (Fsp3) is 0.577. The molecule has 2 saturated heterocycles. The number of hydrogen-bond donors (Lipinski definition) is 16. The number of aliphatic hydroxyl groups is 16. The molecule has 0 radical (unpaired) electrons. The van der Waals surface area contributed by atoms with Gasteiger partial charge in [0.05, 0.1) is 26.4 Å². The Labute approximate surface area is 623 Å². The second-order valence-electron chi connectivity index (χ2n) is 31.3. The molecule has 0 amide bonds. The standard InChI is InChI=1S/C20H26O7.C20H28O6.2C13H20O2.2C6H8O6/c1-9(2)7-12-10(3)17(23)20(18(24)19(12,5)6)25-8-13(27-20)16-15(22)14(21)11(4)26-16;1-10(2)7-13-11(3)20(15(21)8-19(13,5)6)24-9-14(26-20)18-17(23)16(22)12(4)25-18;2*1-8(2)6-10-9(3)12(15)11(14)7-13(10,4)5;2*7-1-2(8)5-3(9)4(10)6(11)12-5/h7,13,16,18,21-22,24H,4,8H2,1-3,5-6H3;7,14-15,18,21-23H,4,8-9H2,1-3,5-6H3;2*6,11,14H,7H2,1-5H3;2*2,5,7-10H,1H2/t13?,16-,18?,20?;14?,15?,18-,20?;;;2*2-,5+/m11..00/s1. The highest BCUT2D eigenvalue weighted by Crippen LogP contribution is 2.53. The van der Waals surface area contributed by atoms with Crippen molar-refractivity contribution in [1.29, 1.82) is 0 Å². The predicted molar refractivity (Wildman–Crippen MR) is 387 cm³/mol. The van der Waals surface area contributed by atoms with Gasteiger partial charge in [-0.15, -0.1) is 0 Å². The van der Waals surface area contributed by atoms with E-state index in [9.17, 15) is 64.8 Å². The van der Waals surface area contributed by atoms with E-state index in [1.165, 1.54) is 11.1 Å². The summed E-state index contributed by atoms with van der Waals surface area (Å²) in [6.07, 6.45) is -3.26. The zero-order chi connectivity index (χ0) is 82.0. The number of esters is 2. The van der Waals surface area contributed by atoms with Crippen LogP contribution in [0.5, 0.6) is 0 Å². The number of allylic oxidation sites excluding steroid dienone is 11. The number of ketones is 3. The first-order valence-electron chi connectivity index (χ1n) is 34.7. The molecular formula is C78H110O29. The number of ether oxygens (including phenoxy) is 8. The number of cyclic esters (lactones) is 2. The number of hydrogen-bond acceptors (Lipinski definition) is 29. The van der Waals surface area contributed by atoms with E-state index in [1.807, 2.05) is 82.2 Å². The predicted octanol–water partition coefficient (Wildman–Crippen LogP) is 8.45. The molecular weight excluding hydrogens is 1400 g/mol. The minimum absolute atomic E-state index is 0.000120. The Balaban J connectivity index is 0.000000238. The van der Waals surface area contributed by atoms with Gasteiger partial charge in [0.25, 0.3) is 5.79 Å². The van der Waals surface area contributed by atoms with Gasteiger partial charge in [-0.3, -0.25) is 14.4 Å². The number of Topliss-reactive ketones (excluding diaryl/α,β-unsaturated/α-hetero) is 3. The van der Waals surface area contributed by atoms with Crippen molar-refractivity contribution in [2.75, 3.05) is 26.4 Å². The molecule has 0 aromatic heterocycles. The van der Waals surface area contributed by atoms with Crippen molar-refractivity contribution in [2.24, 2.45) is 21.7 Å². The van der Waals surface area contributed by atoms with E-state index in [0.717, 1.165) is 39.0 Å². The van der Waals surface area contributed by atoms with Crippen molar-refractivity contribution in [1.82, 2.24) is 0 Å². The number of aliphatic hydroxyl groups excluding tert-OH is 16. The Morgan fingerprint density at radius 3 is 1.10 bits per heavy atom. The fourth-order valence-corrected chi connectivity index (χ4v) is 14.0. The molecule has 2 spiro atoms. The molecule has 0 saturated carbocycles. The van der Waals surface area contributed by atoms with Crippen LogP contribution in [0.25, 0.3) is 0 Å². The molecule has 596 valence electrons. The van der Waals surface area contributed by atoms with Crippen molar-refractivity contribution >= 4 is 29.3 Å². The summed E-state index contributed by atoms with van der Waals surface area (Å²) in [5.74, 6) is -11.1. The quantitative estimate of drug-likeness (QED) is 0.0912. The van der Waals surface area contributed by atoms with Crippen LogP contribution in [-0.4, -0.2) is 222 Å². The third-order valence-electron chi connectivity index (χ3n) is 19.6. The monoisotopic (exact) mass is 1510 g/mol. The summed E-state index contributed by atoms with van der Waals surface area (Å²) in [5.41, 5.74) is 9.86. The minimum atomic E-state index is -1.89. The van der Waals surface area contributed by atoms with E-state index in [-0.39, 0.29) is 64.1 Å². The molecule has 14 atom stereocenters. The maximum Gasteiger partial charge on any atom is 0.377 e. The molecule has 29 nitrogen and oxygen atoms in total. The van der Waals surface area contributed by atoms with Crippen LogP contribution in [0.15, 0.2) is 162 Å². The third-order valence-corrected chi connectivity index (χ3v) is 19.6. The van der Waals surface area contributed by atoms with Crippen molar-refractivity contribution < 1.29 is 144 Å². The molecule has 6 heterocycles. The van der Waals surface area contributed by atoms with E-state index >= 15 is 0 Å². The normalized spacial score (nSPS) is 30.9. The van der Waals surface area contributed by atoms with E-state index in [4.69, 9.17) is 69.3 Å². The average Bonchev–Trinajstić information content (AvgIpc) is 1.67. The van der Waals surface area contributed by atoms with Crippen LogP contribution in [0.4, 0.5) is 0 Å². The Morgan fingerprint density at radius 2 is 0.785 bits per heavy atom. The Kier molecular flexibility index (Phi) is 28.6. The summed E-state index contributed by atoms with van der Waals surface area (Å²) in [4.78, 5) is 57.5. The largest absolute Gasteiger partial charge is 0.505 e. The molecule has 0 aromatic carbocycles. The smallest absolute Gasteiger partial charge is 0.377 e. The first kappa shape index (κ1) is 89.5. The molecule has 2 fully saturated rings. The molecule has 4 aliphatic carbocycles. The first-order chi connectivity index (χ1) is 49.1. The van der Waals surface area contributed by atoms with Crippen LogP contribution in [0.1, 0.15) is 158 Å². The fourth-order valence-electron chi connectivity index (χ4n) is 14.0. The lowest BCUT2D eigenvalue weighted by Gasteiger charge is -2.46. The Hall–Kier alpha value is -8.17. The van der Waals surface area contributed by atoms with Gasteiger partial charge < -0.3 is 120 Å². The minimum Gasteiger partial charge on any atom is -0.505 e. The third kappa shape index (κ3) is 18.8. The van der Waals surface area contributed by atoms with Gasteiger partial charge >= 0.3 is 11.9 Å². The molecule has 16 N–H and O–H groups in total. The number of carbonyl (C=O) groups is 5. The molecule has 0 aromatic rings. The van der Waals surface area contributed by atoms with Crippen LogP contribution >= 0.6 is 0 Å². The summed E-state index contributed by atoms with van der Waals surface area (Å²) in [5, 5.41) is 151. The van der Waals surface area contributed by atoms with Gasteiger partial charge in [-0.1, -0.05) is 115 Å². The summed E-state index contributed by atoms with van der Waals surface area (Å²) < 4.78 is 43.1. The molecule has 10 aliphatic rings. The maximum absolute atomic E-state index is 13.1. The molecule has 0 bridgehead atoms. The molecule has 29 heteroatoms. The molecule has 6 aliphatic heterocycles. The number of carbonyl (C=O) groups excluding carboxylic acids is 5.